The normalized spacial score (nSPS) is 12.6. The van der Waals surface area contributed by atoms with Crippen molar-refractivity contribution in [1.29, 1.82) is 0 Å². The van der Waals surface area contributed by atoms with Gasteiger partial charge in [-0.15, -0.1) is 0 Å². The second-order valence-electron chi connectivity index (χ2n) is 5.28. The van der Waals surface area contributed by atoms with Gasteiger partial charge in [0.15, 0.2) is 5.78 Å². The van der Waals surface area contributed by atoms with Crippen molar-refractivity contribution in [1.82, 2.24) is 5.32 Å². The van der Waals surface area contributed by atoms with Crippen LogP contribution >= 0.6 is 0 Å². The predicted molar refractivity (Wildman–Crippen MR) is 71.3 cm³/mol. The lowest BCUT2D eigenvalue weighted by atomic mass is 10.1. The maximum atomic E-state index is 12.0. The number of ether oxygens (including phenoxy) is 1. The molecular formula is C14H19NO4. The van der Waals surface area contributed by atoms with Gasteiger partial charge in [-0.1, -0.05) is 0 Å². The molecule has 0 aliphatic carbocycles. The zero-order valence-corrected chi connectivity index (χ0v) is 11.6. The fourth-order valence-electron chi connectivity index (χ4n) is 1.43. The first kappa shape index (κ1) is 15.0. The standard InChI is InChI=1S/C14H19NO4/c1-9(15-13(18)19-14(2,3)4)12(17)10-5-7-11(16)8-6-10/h5-9,16H,1-4H3,(H,15,18)/t9-/m0/s1. The van der Waals surface area contributed by atoms with E-state index in [4.69, 9.17) is 9.84 Å². The molecule has 0 heterocycles. The highest BCUT2D eigenvalue weighted by atomic mass is 16.6. The minimum Gasteiger partial charge on any atom is -0.508 e. The molecule has 0 spiro atoms. The molecule has 0 aliphatic heterocycles. The first-order valence-corrected chi connectivity index (χ1v) is 6.02. The Kier molecular flexibility index (Phi) is 4.53. The maximum absolute atomic E-state index is 12.0. The minimum atomic E-state index is -0.695. The summed E-state index contributed by atoms with van der Waals surface area (Å²) < 4.78 is 5.07. The minimum absolute atomic E-state index is 0.0873. The number of amides is 1. The first-order valence-electron chi connectivity index (χ1n) is 6.02. The number of carbonyl (C=O) groups excluding carboxylic acids is 2. The van der Waals surface area contributed by atoms with Crippen LogP contribution in [0.25, 0.3) is 0 Å². The number of hydrogen-bond acceptors (Lipinski definition) is 4. The molecule has 5 nitrogen and oxygen atoms in total. The summed E-state index contributed by atoms with van der Waals surface area (Å²) in [7, 11) is 0. The molecule has 5 heteroatoms. The number of carbonyl (C=O) groups is 2. The zero-order valence-electron chi connectivity index (χ0n) is 11.6. The number of aromatic hydroxyl groups is 1. The average molecular weight is 265 g/mol. The summed E-state index contributed by atoms with van der Waals surface area (Å²) in [5.41, 5.74) is -0.188. The van der Waals surface area contributed by atoms with Crippen LogP contribution < -0.4 is 5.32 Å². The molecule has 0 bridgehead atoms. The molecule has 0 fully saturated rings. The smallest absolute Gasteiger partial charge is 0.408 e. The van der Waals surface area contributed by atoms with Crippen molar-refractivity contribution in [2.75, 3.05) is 0 Å². The van der Waals surface area contributed by atoms with Crippen molar-refractivity contribution in [2.45, 2.75) is 39.3 Å². The molecule has 0 aliphatic rings. The molecule has 0 aromatic heterocycles. The Bertz CT molecular complexity index is 459. The summed E-state index contributed by atoms with van der Waals surface area (Å²) >= 11 is 0. The molecule has 1 aromatic rings. The number of benzene rings is 1. The molecule has 0 saturated carbocycles. The Labute approximate surface area is 112 Å². The van der Waals surface area contributed by atoms with E-state index in [1.165, 1.54) is 24.3 Å². The van der Waals surface area contributed by atoms with E-state index >= 15 is 0 Å². The number of ketones is 1. The third kappa shape index (κ3) is 4.99. The molecule has 0 radical (unpaired) electrons. The molecular weight excluding hydrogens is 246 g/mol. The van der Waals surface area contributed by atoms with Gasteiger partial charge < -0.3 is 15.2 Å². The lowest BCUT2D eigenvalue weighted by Crippen LogP contribution is -2.41. The van der Waals surface area contributed by atoms with Gasteiger partial charge in [-0.2, -0.15) is 0 Å². The van der Waals surface area contributed by atoms with Crippen molar-refractivity contribution >= 4 is 11.9 Å². The third-order valence-corrected chi connectivity index (χ3v) is 2.28. The summed E-state index contributed by atoms with van der Waals surface area (Å²) in [6, 6.07) is 5.16. The van der Waals surface area contributed by atoms with Gasteiger partial charge in [0.05, 0.1) is 6.04 Å². The summed E-state index contributed by atoms with van der Waals surface area (Å²) in [4.78, 5) is 23.5. The van der Waals surface area contributed by atoms with E-state index in [1.807, 2.05) is 0 Å². The highest BCUT2D eigenvalue weighted by Gasteiger charge is 2.21. The van der Waals surface area contributed by atoms with Crippen LogP contribution in [0, 0.1) is 0 Å². The van der Waals surface area contributed by atoms with E-state index in [1.54, 1.807) is 27.7 Å². The van der Waals surface area contributed by atoms with Gasteiger partial charge >= 0.3 is 6.09 Å². The highest BCUT2D eigenvalue weighted by Crippen LogP contribution is 2.12. The Balaban J connectivity index is 2.63. The van der Waals surface area contributed by atoms with Gasteiger partial charge in [-0.25, -0.2) is 4.79 Å². The van der Waals surface area contributed by atoms with E-state index < -0.39 is 17.7 Å². The molecule has 0 unspecified atom stereocenters. The maximum Gasteiger partial charge on any atom is 0.408 e. The summed E-state index contributed by atoms with van der Waals surface area (Å²) in [5, 5.41) is 11.6. The van der Waals surface area contributed by atoms with Gasteiger partial charge in [-0.3, -0.25) is 4.79 Å². The van der Waals surface area contributed by atoms with E-state index in [0.29, 0.717) is 5.56 Å². The van der Waals surface area contributed by atoms with Crippen LogP contribution in [0.2, 0.25) is 0 Å². The van der Waals surface area contributed by atoms with E-state index in [2.05, 4.69) is 5.32 Å². The fourth-order valence-corrected chi connectivity index (χ4v) is 1.43. The van der Waals surface area contributed by atoms with Crippen LogP contribution in [0.3, 0.4) is 0 Å². The second-order valence-corrected chi connectivity index (χ2v) is 5.28. The summed E-state index contributed by atoms with van der Waals surface area (Å²) in [6.45, 7) is 6.83. The van der Waals surface area contributed by atoms with Crippen molar-refractivity contribution in [2.24, 2.45) is 0 Å². The fraction of sp³-hybridized carbons (Fsp3) is 0.429. The molecule has 2 N–H and O–H groups in total. The van der Waals surface area contributed by atoms with Gasteiger partial charge in [0, 0.05) is 5.56 Å². The number of phenolic OH excluding ortho intramolecular Hbond substituents is 1. The average Bonchev–Trinajstić information content (AvgIpc) is 2.26. The van der Waals surface area contributed by atoms with E-state index in [0.717, 1.165) is 0 Å². The van der Waals surface area contributed by atoms with Crippen LogP contribution in [-0.4, -0.2) is 28.6 Å². The lowest BCUT2D eigenvalue weighted by molar-refractivity contribution is 0.0496. The Morgan fingerprint density at radius 1 is 1.21 bits per heavy atom. The molecule has 0 saturated heterocycles. The van der Waals surface area contributed by atoms with Crippen LogP contribution in [0.4, 0.5) is 4.79 Å². The first-order chi connectivity index (χ1) is 8.69. The van der Waals surface area contributed by atoms with E-state index in [9.17, 15) is 9.59 Å². The molecule has 1 rings (SSSR count). The quantitative estimate of drug-likeness (QED) is 0.823. The Morgan fingerprint density at radius 3 is 2.21 bits per heavy atom. The van der Waals surface area contributed by atoms with Crippen LogP contribution in [-0.2, 0) is 4.74 Å². The molecule has 1 amide bonds. The summed E-state index contributed by atoms with van der Waals surface area (Å²) in [6.07, 6.45) is -0.632. The molecule has 1 aromatic carbocycles. The largest absolute Gasteiger partial charge is 0.508 e. The Hall–Kier alpha value is -2.04. The summed E-state index contributed by atoms with van der Waals surface area (Å²) in [5.74, 6) is -0.157. The van der Waals surface area contributed by atoms with Crippen LogP contribution in [0.15, 0.2) is 24.3 Å². The second kappa shape index (κ2) is 5.73. The number of alkyl carbamates (subject to hydrolysis) is 1. The monoisotopic (exact) mass is 265 g/mol. The van der Waals surface area contributed by atoms with Gasteiger partial charge in [0.2, 0.25) is 0 Å². The number of nitrogens with one attached hydrogen (secondary N) is 1. The highest BCUT2D eigenvalue weighted by molar-refractivity contribution is 6.01. The lowest BCUT2D eigenvalue weighted by Gasteiger charge is -2.21. The number of hydrogen-bond donors (Lipinski definition) is 2. The van der Waals surface area contributed by atoms with Crippen LogP contribution in [0.5, 0.6) is 5.75 Å². The van der Waals surface area contributed by atoms with Gasteiger partial charge in [0.1, 0.15) is 11.4 Å². The van der Waals surface area contributed by atoms with Crippen molar-refractivity contribution < 1.29 is 19.4 Å². The van der Waals surface area contributed by atoms with Gasteiger partial charge in [0.25, 0.3) is 0 Å². The molecule has 1 atom stereocenters. The predicted octanol–water partition coefficient (Wildman–Crippen LogP) is 2.49. The number of Topliss-reactive ketones (excluding diaryl/α,β-unsaturated/α-hetero) is 1. The van der Waals surface area contributed by atoms with Crippen molar-refractivity contribution in [3.63, 3.8) is 0 Å². The Morgan fingerprint density at radius 2 is 1.74 bits per heavy atom. The zero-order chi connectivity index (χ0) is 14.6. The van der Waals surface area contributed by atoms with Crippen molar-refractivity contribution in [3.05, 3.63) is 29.8 Å². The van der Waals surface area contributed by atoms with Crippen LogP contribution in [0.1, 0.15) is 38.1 Å². The van der Waals surface area contributed by atoms with Gasteiger partial charge in [-0.05, 0) is 52.0 Å². The molecule has 104 valence electrons. The number of rotatable bonds is 3. The van der Waals surface area contributed by atoms with E-state index in [-0.39, 0.29) is 11.5 Å². The topological polar surface area (TPSA) is 75.6 Å². The third-order valence-electron chi connectivity index (χ3n) is 2.28. The SMILES string of the molecule is C[C@H](NC(=O)OC(C)(C)C)C(=O)c1ccc(O)cc1. The number of phenols is 1. The van der Waals surface area contributed by atoms with Crippen molar-refractivity contribution in [3.8, 4) is 5.75 Å². The molecule has 19 heavy (non-hydrogen) atoms.